The molecule has 1 N–H and O–H groups in total. The van der Waals surface area contributed by atoms with Crippen molar-refractivity contribution >= 4 is 22.7 Å². The normalized spacial score (nSPS) is 27.2. The summed E-state index contributed by atoms with van der Waals surface area (Å²) in [4.78, 5) is 2.05. The number of thiophene rings is 2. The summed E-state index contributed by atoms with van der Waals surface area (Å²) in [6.07, 6.45) is 7.08. The lowest BCUT2D eigenvalue weighted by atomic mass is 9.88. The van der Waals surface area contributed by atoms with Gasteiger partial charge in [0.2, 0.25) is 0 Å². The molecule has 2 aliphatic heterocycles. The smallest absolute Gasteiger partial charge is 0.152 e. The first-order valence-corrected chi connectivity index (χ1v) is 10.1. The van der Waals surface area contributed by atoms with Gasteiger partial charge in [0.05, 0.1) is 26.2 Å². The van der Waals surface area contributed by atoms with Gasteiger partial charge in [0.15, 0.2) is 5.60 Å². The number of hydrogen-bond acceptors (Lipinski definition) is 3. The molecule has 4 rings (SSSR count). The van der Waals surface area contributed by atoms with Crippen LogP contribution in [0.5, 0.6) is 0 Å². The largest absolute Gasteiger partial charge is 1.00 e. The van der Waals surface area contributed by atoms with Gasteiger partial charge in [-0.15, -0.1) is 22.7 Å². The molecule has 2 aromatic rings. The minimum atomic E-state index is -0.953. The zero-order valence-electron chi connectivity index (χ0n) is 14.1. The molecule has 0 radical (unpaired) electrons. The van der Waals surface area contributed by atoms with E-state index < -0.39 is 5.60 Å². The number of quaternary nitrogens is 1. The van der Waals surface area contributed by atoms with Gasteiger partial charge in [-0.2, -0.15) is 0 Å². The van der Waals surface area contributed by atoms with Crippen LogP contribution in [0.4, 0.5) is 0 Å². The lowest BCUT2D eigenvalue weighted by Gasteiger charge is -2.42. The molecule has 130 valence electrons. The summed E-state index contributed by atoms with van der Waals surface area (Å²) in [5, 5.41) is 15.7. The van der Waals surface area contributed by atoms with Crippen molar-refractivity contribution in [3.63, 3.8) is 0 Å². The molecule has 0 saturated carbocycles. The first kappa shape index (κ1) is 18.6. The fourth-order valence-corrected chi connectivity index (χ4v) is 6.06. The van der Waals surface area contributed by atoms with Crippen LogP contribution in [0.3, 0.4) is 0 Å². The first-order valence-electron chi connectivity index (χ1n) is 8.34. The minimum absolute atomic E-state index is 0. The molecule has 0 amide bonds. The number of halogens is 1. The molecule has 2 bridgehead atoms. The first-order chi connectivity index (χ1) is 11.0. The highest BCUT2D eigenvalue weighted by atomic mass is 127. The fraction of sp³-hybridized carbons (Fsp3) is 0.474. The van der Waals surface area contributed by atoms with Crippen molar-refractivity contribution < 1.29 is 33.6 Å². The molecule has 0 aliphatic carbocycles. The maximum atomic E-state index is 11.5. The Morgan fingerprint density at radius 2 is 1.54 bits per heavy atom. The quantitative estimate of drug-likeness (QED) is 0.406. The Morgan fingerprint density at radius 1 is 1.04 bits per heavy atom. The third-order valence-electron chi connectivity index (χ3n) is 5.92. The van der Waals surface area contributed by atoms with Crippen LogP contribution in [0, 0.1) is 0 Å². The van der Waals surface area contributed by atoms with Gasteiger partial charge in [-0.25, -0.2) is 0 Å². The molecule has 5 heteroatoms. The number of hydrogen-bond donors (Lipinski definition) is 1. The molecule has 2 aliphatic rings. The Balaban J connectivity index is 0.00000169. The predicted octanol–water partition coefficient (Wildman–Crippen LogP) is 1.38. The zero-order valence-corrected chi connectivity index (χ0v) is 17.9. The molecule has 2 saturated heterocycles. The Bertz CT molecular complexity index is 654. The highest BCUT2D eigenvalue weighted by Crippen LogP contribution is 2.45. The number of fused-ring (bicyclic) bond motifs is 2. The highest BCUT2D eigenvalue weighted by Gasteiger charge is 2.47. The minimum Gasteiger partial charge on any atom is -1.00 e. The van der Waals surface area contributed by atoms with E-state index in [2.05, 4.69) is 43.1 Å². The van der Waals surface area contributed by atoms with Crippen molar-refractivity contribution in [2.24, 2.45) is 0 Å². The standard InChI is InChI=1S/C19H24NOS2.HI/c1-20(2)15-7-8-16(20)12-14(11-15)13-19(21,17-5-3-9-22-17)18-6-4-10-23-18;/h3-6,9-10,13,15-16,21H,7-8,11-12H2,1-2H3;1H/q+1;/p-1/t15-,16+;. The van der Waals surface area contributed by atoms with E-state index in [1.54, 1.807) is 22.7 Å². The molecule has 0 spiro atoms. The van der Waals surface area contributed by atoms with Gasteiger partial charge >= 0.3 is 0 Å². The number of nitrogens with zero attached hydrogens (tertiary/aromatic N) is 1. The SMILES string of the molecule is C[N+]1(C)[C@@H]2CC[C@H]1CC(=CC(O)(c1cccs1)c1cccs1)C2.[I-]. The third kappa shape index (κ3) is 3.03. The van der Waals surface area contributed by atoms with Gasteiger partial charge in [0.25, 0.3) is 0 Å². The summed E-state index contributed by atoms with van der Waals surface area (Å²) < 4.78 is 1.16. The zero-order chi connectivity index (χ0) is 16.1. The van der Waals surface area contributed by atoms with Gasteiger partial charge < -0.3 is 33.6 Å². The van der Waals surface area contributed by atoms with Crippen molar-refractivity contribution in [2.75, 3.05) is 14.1 Å². The molecular formula is C19H24INOS2. The monoisotopic (exact) mass is 473 g/mol. The molecule has 2 aromatic heterocycles. The Labute approximate surface area is 169 Å². The van der Waals surface area contributed by atoms with E-state index in [1.165, 1.54) is 18.4 Å². The van der Waals surface area contributed by atoms with Crippen molar-refractivity contribution in [1.29, 1.82) is 0 Å². The molecule has 2 fully saturated rings. The van der Waals surface area contributed by atoms with E-state index in [1.807, 2.05) is 12.1 Å². The lowest BCUT2D eigenvalue weighted by Crippen LogP contribution is -3.00. The van der Waals surface area contributed by atoms with Crippen molar-refractivity contribution in [2.45, 2.75) is 43.4 Å². The molecule has 24 heavy (non-hydrogen) atoms. The summed E-state index contributed by atoms with van der Waals surface area (Å²) >= 11 is 3.28. The van der Waals surface area contributed by atoms with Crippen LogP contribution in [0.1, 0.15) is 35.4 Å². The van der Waals surface area contributed by atoms with Gasteiger partial charge in [-0.3, -0.25) is 0 Å². The Kier molecular flexibility index (Phi) is 5.29. The van der Waals surface area contributed by atoms with E-state index in [0.29, 0.717) is 0 Å². The van der Waals surface area contributed by atoms with Crippen LogP contribution in [0.2, 0.25) is 0 Å². The average Bonchev–Trinajstić information content (AvgIpc) is 3.22. The van der Waals surface area contributed by atoms with Crippen LogP contribution in [-0.4, -0.2) is 35.8 Å². The highest BCUT2D eigenvalue weighted by molar-refractivity contribution is 7.11. The fourth-order valence-electron chi connectivity index (χ4n) is 4.38. The van der Waals surface area contributed by atoms with E-state index in [9.17, 15) is 5.11 Å². The van der Waals surface area contributed by atoms with Gasteiger partial charge in [0, 0.05) is 35.4 Å². The maximum Gasteiger partial charge on any atom is 0.152 e. The van der Waals surface area contributed by atoms with Crippen molar-refractivity contribution in [3.05, 3.63) is 56.4 Å². The molecule has 0 unspecified atom stereocenters. The summed E-state index contributed by atoms with van der Waals surface area (Å²) in [5.41, 5.74) is 0.491. The van der Waals surface area contributed by atoms with Crippen LogP contribution in [0.25, 0.3) is 0 Å². The molecule has 0 aromatic carbocycles. The van der Waals surface area contributed by atoms with Crippen LogP contribution in [-0.2, 0) is 5.60 Å². The maximum absolute atomic E-state index is 11.5. The van der Waals surface area contributed by atoms with Crippen LogP contribution >= 0.6 is 22.7 Å². The average molecular weight is 473 g/mol. The summed E-state index contributed by atoms with van der Waals surface area (Å²) in [7, 11) is 4.76. The number of aliphatic hydroxyl groups is 1. The number of rotatable bonds is 3. The summed E-state index contributed by atoms with van der Waals surface area (Å²) in [5.74, 6) is 0. The summed E-state index contributed by atoms with van der Waals surface area (Å²) in [6.45, 7) is 0. The topological polar surface area (TPSA) is 20.2 Å². The van der Waals surface area contributed by atoms with E-state index in [0.717, 1.165) is 39.2 Å². The Hall–Kier alpha value is -0.210. The Morgan fingerprint density at radius 3 is 1.96 bits per heavy atom. The van der Waals surface area contributed by atoms with Crippen LogP contribution < -0.4 is 24.0 Å². The molecule has 2 nitrogen and oxygen atoms in total. The second-order valence-corrected chi connectivity index (χ2v) is 9.34. The van der Waals surface area contributed by atoms with Gasteiger partial charge in [0.1, 0.15) is 0 Å². The van der Waals surface area contributed by atoms with Crippen molar-refractivity contribution in [3.8, 4) is 0 Å². The third-order valence-corrected chi connectivity index (χ3v) is 7.91. The lowest BCUT2D eigenvalue weighted by molar-refractivity contribution is -0.928. The number of piperidine rings is 1. The summed E-state index contributed by atoms with van der Waals surface area (Å²) in [6, 6.07) is 9.60. The molecule has 4 heterocycles. The van der Waals surface area contributed by atoms with E-state index in [-0.39, 0.29) is 24.0 Å². The predicted molar refractivity (Wildman–Crippen MR) is 97.9 cm³/mol. The van der Waals surface area contributed by atoms with Gasteiger partial charge in [-0.05, 0) is 29.0 Å². The molecule has 2 atom stereocenters. The second-order valence-electron chi connectivity index (χ2n) is 7.45. The van der Waals surface area contributed by atoms with Crippen LogP contribution in [0.15, 0.2) is 46.7 Å². The van der Waals surface area contributed by atoms with E-state index >= 15 is 0 Å². The van der Waals surface area contributed by atoms with Gasteiger partial charge in [-0.1, -0.05) is 17.7 Å². The van der Waals surface area contributed by atoms with Crippen molar-refractivity contribution in [1.82, 2.24) is 0 Å². The molecular weight excluding hydrogens is 449 g/mol. The van der Waals surface area contributed by atoms with E-state index in [4.69, 9.17) is 0 Å². The second kappa shape index (κ2) is 6.83.